The number of hydrogen-bond acceptors (Lipinski definition) is 6. The number of halogens is 1. The second-order valence-electron chi connectivity index (χ2n) is 6.58. The van der Waals surface area contributed by atoms with Crippen LogP contribution in [0.15, 0.2) is 23.0 Å². The van der Waals surface area contributed by atoms with Gasteiger partial charge >= 0.3 is 11.9 Å². The van der Waals surface area contributed by atoms with Gasteiger partial charge in [-0.2, -0.15) is 0 Å². The zero-order valence-corrected chi connectivity index (χ0v) is 17.9. The van der Waals surface area contributed by atoms with Crippen LogP contribution in [0.3, 0.4) is 0 Å². The third-order valence-electron chi connectivity index (χ3n) is 4.68. The van der Waals surface area contributed by atoms with E-state index in [0.29, 0.717) is 24.1 Å². The van der Waals surface area contributed by atoms with Gasteiger partial charge < -0.3 is 19.2 Å². The summed E-state index contributed by atoms with van der Waals surface area (Å²) in [5.74, 6) is -1.04. The van der Waals surface area contributed by atoms with Gasteiger partial charge in [-0.15, -0.1) is 0 Å². The lowest BCUT2D eigenvalue weighted by Gasteiger charge is -2.23. The molecule has 0 aliphatic carbocycles. The Morgan fingerprint density at radius 1 is 1.14 bits per heavy atom. The molecule has 158 valence electrons. The van der Waals surface area contributed by atoms with E-state index in [1.807, 2.05) is 13.0 Å². The number of nitrogens with one attached hydrogen (secondary N) is 1. The number of rotatable bonds is 9. The van der Waals surface area contributed by atoms with Crippen molar-refractivity contribution in [2.24, 2.45) is 0 Å². The zero-order valence-electron chi connectivity index (χ0n) is 17.1. The molecule has 1 N–H and O–H groups in total. The molecular formula is C21H26ClNO6. The smallest absolute Gasteiger partial charge is 0.338 e. The van der Waals surface area contributed by atoms with Crippen molar-refractivity contribution in [2.75, 3.05) is 20.3 Å². The number of alkyl halides is 1. The third-order valence-corrected chi connectivity index (χ3v) is 5.18. The molecule has 0 aliphatic rings. The number of aromatic amines is 1. The Hall–Kier alpha value is -2.54. The molecular weight excluding hydrogens is 398 g/mol. The lowest BCUT2D eigenvalue weighted by Crippen LogP contribution is -2.44. The van der Waals surface area contributed by atoms with Gasteiger partial charge in [-0.05, 0) is 63.3 Å². The summed E-state index contributed by atoms with van der Waals surface area (Å²) in [7, 11) is 1.54. The number of carbonyl (C=O) groups is 2. The standard InChI is InChI=1S/C21H26ClNO6/c1-5-28-19(25)21(22,20(26)29-6-2)11-7-8-14-13(3)12-16(27-4)18-15(14)9-10-17(24)23-18/h9-10,12H,5-8,11H2,1-4H3,(H,23,24). The van der Waals surface area contributed by atoms with Crippen LogP contribution in [-0.2, 0) is 25.5 Å². The number of methoxy groups -OCH3 is 1. The largest absolute Gasteiger partial charge is 0.495 e. The van der Waals surface area contributed by atoms with Crippen LogP contribution in [0.25, 0.3) is 10.9 Å². The molecule has 0 fully saturated rings. The quantitative estimate of drug-likeness (QED) is 0.378. The predicted molar refractivity (Wildman–Crippen MR) is 111 cm³/mol. The minimum atomic E-state index is -1.88. The molecule has 1 heterocycles. The first-order chi connectivity index (χ1) is 13.8. The summed E-state index contributed by atoms with van der Waals surface area (Å²) in [5.41, 5.74) is 2.32. The van der Waals surface area contributed by atoms with Crippen molar-refractivity contribution < 1.29 is 23.8 Å². The lowest BCUT2D eigenvalue weighted by molar-refractivity contribution is -0.159. The molecule has 2 rings (SSSR count). The molecule has 0 spiro atoms. The van der Waals surface area contributed by atoms with Gasteiger partial charge in [0.05, 0.1) is 25.8 Å². The van der Waals surface area contributed by atoms with Crippen LogP contribution in [0.1, 0.15) is 37.8 Å². The summed E-state index contributed by atoms with van der Waals surface area (Å²) in [6.07, 6.45) is 1.02. The van der Waals surface area contributed by atoms with E-state index in [1.165, 1.54) is 6.07 Å². The molecule has 0 radical (unpaired) electrons. The molecule has 0 saturated carbocycles. The van der Waals surface area contributed by atoms with Gasteiger partial charge in [0.15, 0.2) is 0 Å². The van der Waals surface area contributed by atoms with Gasteiger partial charge in [0.25, 0.3) is 0 Å². The van der Waals surface area contributed by atoms with Crippen LogP contribution >= 0.6 is 11.6 Å². The zero-order chi connectivity index (χ0) is 21.6. The Morgan fingerprint density at radius 2 is 1.76 bits per heavy atom. The predicted octanol–water partition coefficient (Wildman–Crippen LogP) is 3.27. The van der Waals surface area contributed by atoms with E-state index in [9.17, 15) is 14.4 Å². The van der Waals surface area contributed by atoms with Crippen molar-refractivity contribution in [1.82, 2.24) is 4.98 Å². The number of fused-ring (bicyclic) bond motifs is 1. The highest BCUT2D eigenvalue weighted by atomic mass is 35.5. The maximum atomic E-state index is 12.3. The summed E-state index contributed by atoms with van der Waals surface area (Å²) in [6.45, 7) is 5.46. The van der Waals surface area contributed by atoms with E-state index >= 15 is 0 Å². The average Bonchev–Trinajstić information content (AvgIpc) is 2.69. The van der Waals surface area contributed by atoms with Gasteiger partial charge in [-0.3, -0.25) is 4.79 Å². The summed E-state index contributed by atoms with van der Waals surface area (Å²) in [6, 6.07) is 5.04. The van der Waals surface area contributed by atoms with Gasteiger partial charge in [-0.25, -0.2) is 9.59 Å². The molecule has 8 heteroatoms. The fraction of sp³-hybridized carbons (Fsp3) is 0.476. The third kappa shape index (κ3) is 4.90. The van der Waals surface area contributed by atoms with E-state index in [4.69, 9.17) is 25.8 Å². The van der Waals surface area contributed by atoms with E-state index in [1.54, 1.807) is 27.0 Å². The summed E-state index contributed by atoms with van der Waals surface area (Å²) < 4.78 is 15.4. The molecule has 1 aromatic heterocycles. The summed E-state index contributed by atoms with van der Waals surface area (Å²) >= 11 is 6.37. The van der Waals surface area contributed by atoms with Crippen molar-refractivity contribution in [3.63, 3.8) is 0 Å². The monoisotopic (exact) mass is 423 g/mol. The number of H-pyrrole nitrogens is 1. The van der Waals surface area contributed by atoms with Gasteiger partial charge in [-0.1, -0.05) is 11.6 Å². The van der Waals surface area contributed by atoms with Crippen molar-refractivity contribution in [3.8, 4) is 5.75 Å². The maximum Gasteiger partial charge on any atom is 0.338 e. The Morgan fingerprint density at radius 3 is 2.31 bits per heavy atom. The number of carbonyl (C=O) groups excluding carboxylic acids is 2. The highest BCUT2D eigenvalue weighted by Gasteiger charge is 2.46. The summed E-state index contributed by atoms with van der Waals surface area (Å²) in [5, 5.41) is 0.842. The first-order valence-corrected chi connectivity index (χ1v) is 9.89. The van der Waals surface area contributed by atoms with Crippen LogP contribution in [0.4, 0.5) is 0 Å². The molecule has 0 unspecified atom stereocenters. The minimum absolute atomic E-state index is 0.0581. The van der Waals surface area contributed by atoms with Crippen molar-refractivity contribution >= 4 is 34.4 Å². The van der Waals surface area contributed by atoms with Crippen LogP contribution in [0.2, 0.25) is 0 Å². The van der Waals surface area contributed by atoms with Crippen LogP contribution in [0, 0.1) is 6.92 Å². The first-order valence-electron chi connectivity index (χ1n) is 9.51. The molecule has 29 heavy (non-hydrogen) atoms. The van der Waals surface area contributed by atoms with E-state index < -0.39 is 16.8 Å². The number of hydrogen-bond donors (Lipinski definition) is 1. The normalized spacial score (nSPS) is 11.3. The fourth-order valence-corrected chi connectivity index (χ4v) is 3.51. The van der Waals surface area contributed by atoms with E-state index in [0.717, 1.165) is 16.5 Å². The second-order valence-corrected chi connectivity index (χ2v) is 7.23. The number of benzene rings is 1. The Kier molecular flexibility index (Phi) is 7.67. The molecule has 0 aliphatic heterocycles. The average molecular weight is 424 g/mol. The number of esters is 2. The molecule has 1 aromatic carbocycles. The molecule has 0 bridgehead atoms. The van der Waals surface area contributed by atoms with Gasteiger partial charge in [0, 0.05) is 11.5 Å². The maximum absolute atomic E-state index is 12.3. The minimum Gasteiger partial charge on any atom is -0.495 e. The molecule has 0 atom stereocenters. The molecule has 7 nitrogen and oxygen atoms in total. The van der Waals surface area contributed by atoms with Gasteiger partial charge in [0.2, 0.25) is 10.4 Å². The summed E-state index contributed by atoms with van der Waals surface area (Å²) in [4.78, 5) is 37.3. The van der Waals surface area contributed by atoms with E-state index in [-0.39, 0.29) is 25.2 Å². The second kappa shape index (κ2) is 9.78. The van der Waals surface area contributed by atoms with E-state index in [2.05, 4.69) is 4.98 Å². The van der Waals surface area contributed by atoms with Crippen molar-refractivity contribution in [1.29, 1.82) is 0 Å². The van der Waals surface area contributed by atoms with Crippen molar-refractivity contribution in [2.45, 2.75) is 44.9 Å². The topological polar surface area (TPSA) is 94.7 Å². The first kappa shape index (κ1) is 22.7. The fourth-order valence-electron chi connectivity index (χ4n) is 3.27. The molecule has 2 aromatic rings. The number of pyridine rings is 1. The number of aromatic nitrogens is 1. The Balaban J connectivity index is 2.31. The highest BCUT2D eigenvalue weighted by Crippen LogP contribution is 2.32. The van der Waals surface area contributed by atoms with Gasteiger partial charge in [0.1, 0.15) is 5.75 Å². The highest BCUT2D eigenvalue weighted by molar-refractivity contribution is 6.44. The Bertz CT molecular complexity index is 934. The molecule has 0 amide bonds. The number of aryl methyl sites for hydroxylation is 2. The number of ether oxygens (including phenoxy) is 3. The van der Waals surface area contributed by atoms with Crippen LogP contribution in [-0.4, -0.2) is 42.1 Å². The van der Waals surface area contributed by atoms with Crippen LogP contribution in [0.5, 0.6) is 5.75 Å². The Labute approximate surface area is 174 Å². The van der Waals surface area contributed by atoms with Crippen LogP contribution < -0.4 is 10.3 Å². The SMILES string of the molecule is CCOC(=O)C(Cl)(CCCc1c(C)cc(OC)c2[nH]c(=O)ccc12)C(=O)OCC. The molecule has 0 saturated heterocycles. The lowest BCUT2D eigenvalue weighted by atomic mass is 9.94. The van der Waals surface area contributed by atoms with Crippen molar-refractivity contribution in [3.05, 3.63) is 39.7 Å².